The Kier molecular flexibility index (Phi) is 31.4. The summed E-state index contributed by atoms with van der Waals surface area (Å²) in [6.45, 7) is 17.9. The van der Waals surface area contributed by atoms with Crippen molar-refractivity contribution in [2.24, 2.45) is 40.6 Å². The van der Waals surface area contributed by atoms with E-state index in [-0.39, 0.29) is 75.5 Å². The van der Waals surface area contributed by atoms with Crippen molar-refractivity contribution in [1.82, 2.24) is 47.5 Å². The summed E-state index contributed by atoms with van der Waals surface area (Å²) in [5, 5.41) is 22.2. The average Bonchev–Trinajstić information content (AvgIpc) is 1.91. The molecule has 1 aliphatic rings. The number of benzene rings is 1. The van der Waals surface area contributed by atoms with Crippen LogP contribution in [0.1, 0.15) is 179 Å². The van der Waals surface area contributed by atoms with Crippen LogP contribution in [0.3, 0.4) is 0 Å². The third kappa shape index (κ3) is 25.1. The van der Waals surface area contributed by atoms with Crippen molar-refractivity contribution in [3.63, 3.8) is 0 Å². The molecule has 12 atom stereocenters. The van der Waals surface area contributed by atoms with E-state index in [4.69, 9.17) is 11.5 Å². The predicted molar refractivity (Wildman–Crippen MR) is 343 cm³/mol. The number of carbonyl (C=O) groups excluding carboxylic acids is 14. The maximum Gasteiger partial charge on any atom is 0.246 e. The number of para-hydroxylation sites is 1. The third-order valence-electron chi connectivity index (χ3n) is 16.8. The molecule has 0 fully saturated rings. The Morgan fingerprint density at radius 2 is 1.24 bits per heavy atom. The van der Waals surface area contributed by atoms with E-state index in [0.29, 0.717) is 25.7 Å². The maximum atomic E-state index is 14.6. The zero-order chi connectivity index (χ0) is 68.5. The van der Waals surface area contributed by atoms with Crippen LogP contribution in [0.2, 0.25) is 0 Å². The molecule has 3 rings (SSSR count). The summed E-state index contributed by atoms with van der Waals surface area (Å²) in [5.41, 5.74) is 9.60. The van der Waals surface area contributed by atoms with E-state index < -0.39 is 141 Å². The number of nitrogens with one attached hydrogen (secondary N) is 9. The second-order valence-corrected chi connectivity index (χ2v) is 25.8. The third-order valence-corrected chi connectivity index (χ3v) is 16.8. The largest absolute Gasteiger partial charge is 0.370 e. The van der Waals surface area contributed by atoms with E-state index in [1.165, 1.54) is 55.4 Å². The lowest BCUT2D eigenvalue weighted by atomic mass is 9.73. The van der Waals surface area contributed by atoms with Crippen molar-refractivity contribution < 1.29 is 67.1 Å². The molecule has 1 aromatic heterocycles. The van der Waals surface area contributed by atoms with E-state index in [1.54, 1.807) is 20.0 Å². The van der Waals surface area contributed by atoms with Crippen LogP contribution in [0.4, 0.5) is 0 Å². The number of fused-ring (bicyclic) bond motifs is 1. The molecule has 8 amide bonds. The molecule has 25 nitrogen and oxygen atoms in total. The Bertz CT molecular complexity index is 2980. The zero-order valence-electron chi connectivity index (χ0n) is 55.3. The number of aromatic amines is 1. The van der Waals surface area contributed by atoms with Gasteiger partial charge in [0.1, 0.15) is 35.2 Å². The minimum Gasteiger partial charge on any atom is -0.370 e. The van der Waals surface area contributed by atoms with Gasteiger partial charge < -0.3 is 59.0 Å². The Balaban J connectivity index is 1.89. The molecule has 0 saturated heterocycles. The first-order valence-electron chi connectivity index (χ1n) is 31.9. The van der Waals surface area contributed by atoms with Crippen molar-refractivity contribution in [3.8, 4) is 0 Å². The van der Waals surface area contributed by atoms with Crippen LogP contribution < -0.4 is 54.0 Å². The lowest BCUT2D eigenvalue weighted by Gasteiger charge is -2.33. The number of amides is 8. The fourth-order valence-electron chi connectivity index (χ4n) is 10.9. The molecule has 91 heavy (non-hydrogen) atoms. The van der Waals surface area contributed by atoms with Crippen LogP contribution in [0.15, 0.2) is 42.6 Å². The van der Waals surface area contributed by atoms with E-state index in [0.717, 1.165) is 42.1 Å². The standard InChI is InChI=1S/C66H101N11O14/c1-37(2)30-48-36-71-51(26-27-53(67)80)57(84)56(83)42(7)73-62(89)46(31-47-35-70-50-25-21-20-24-49(47)50)32-52(79)65(11,33-39(4)78)28-22-18-16-14-13-15-17-19-23-29-66(12,77-63(48)90)64(91)76-45(10)61(88)75-44(9)60(87)74-43(8)59(86)72-41(6)55(82)54(81)40(5)69-34-38(3)58(68)85/h15,17,20-21,24-25,35,37-38,40-46,48,51,69-71H,13-14,16,18-19,22-23,26-34,36H2,1-12H3,(H2,67,80)(H2,68,85)(H,72,86)(H,73,89)(H,74,87)(H,75,88)(H,76,91)(H,77,90)/b17-15+/t38-,40-,41-,42?,43?,44-,45?,46+,48+,51-,65-,66-/m0/s1. The summed E-state index contributed by atoms with van der Waals surface area (Å²) in [6.07, 6.45) is 10.3. The van der Waals surface area contributed by atoms with Crippen LogP contribution in [-0.4, -0.2) is 148 Å². The normalized spacial score (nSPS) is 23.9. The molecule has 2 heterocycles. The minimum absolute atomic E-state index is 0.0279. The molecule has 2 aromatic rings. The van der Waals surface area contributed by atoms with E-state index in [2.05, 4.69) is 47.5 Å². The molecule has 0 spiro atoms. The van der Waals surface area contributed by atoms with Gasteiger partial charge in [0.15, 0.2) is 0 Å². The van der Waals surface area contributed by atoms with Gasteiger partial charge in [0.25, 0.3) is 0 Å². The zero-order valence-corrected chi connectivity index (χ0v) is 55.3. The van der Waals surface area contributed by atoms with Gasteiger partial charge in [0.2, 0.25) is 70.4 Å². The molecule has 0 aliphatic carbocycles. The monoisotopic (exact) mass is 1270 g/mol. The molecule has 1 aliphatic heterocycles. The molecule has 25 heteroatoms. The molecular formula is C66H101N11O14. The highest BCUT2D eigenvalue weighted by Gasteiger charge is 2.41. The Hall–Kier alpha value is -7.80. The number of allylic oxidation sites excluding steroid dienone is 2. The minimum atomic E-state index is -1.67. The van der Waals surface area contributed by atoms with Gasteiger partial charge in [-0.25, -0.2) is 0 Å². The second kappa shape index (κ2) is 36.9. The number of Topliss-reactive ketones (excluding diaryl/α,β-unsaturated/α-hetero) is 6. The number of hydrogen-bond donors (Lipinski definition) is 11. The summed E-state index contributed by atoms with van der Waals surface area (Å²) in [5.74, 6) is -12.8. The number of primary amides is 2. The Morgan fingerprint density at radius 3 is 1.84 bits per heavy atom. The SMILES string of the molecule is CC(=O)C[C@]1(C)CCCCCC/C=C/CCC[C@@](C)(C(=O)NC(C)C(=O)N[C@@H](C)C(=O)NC(C)C(=O)N[C@@H](C)C(=O)C(=O)[C@H](C)NC[C@H](C)C(N)=O)NC(=O)[C@H](CC(C)C)CN[C@@H](CCC(N)=O)C(=O)C(=O)C(C)NC(=O)[C@H](Cc2c[nH]c3ccccc23)CC1=O. The fraction of sp³-hybridized carbons (Fsp3) is 0.636. The summed E-state index contributed by atoms with van der Waals surface area (Å²) < 4.78 is 0. The molecule has 504 valence electrons. The van der Waals surface area contributed by atoms with Crippen molar-refractivity contribution in [2.75, 3.05) is 13.1 Å². The number of hydrogen-bond acceptors (Lipinski definition) is 16. The Morgan fingerprint density at radius 1 is 0.670 bits per heavy atom. The Labute approximate surface area is 534 Å². The number of H-pyrrole nitrogens is 1. The smallest absolute Gasteiger partial charge is 0.246 e. The lowest BCUT2D eigenvalue weighted by Crippen LogP contribution is -2.62. The van der Waals surface area contributed by atoms with Gasteiger partial charge in [-0.15, -0.1) is 0 Å². The number of nitrogens with two attached hydrogens (primary N) is 2. The first-order valence-corrected chi connectivity index (χ1v) is 31.9. The van der Waals surface area contributed by atoms with E-state index in [9.17, 15) is 67.1 Å². The molecule has 1 aromatic carbocycles. The van der Waals surface area contributed by atoms with Gasteiger partial charge in [-0.1, -0.05) is 77.3 Å². The van der Waals surface area contributed by atoms with Crippen molar-refractivity contribution in [2.45, 2.75) is 227 Å². The quantitative estimate of drug-likeness (QED) is 0.0531. The molecule has 3 unspecified atom stereocenters. The summed E-state index contributed by atoms with van der Waals surface area (Å²) in [7, 11) is 0. The first-order chi connectivity index (χ1) is 42.6. The molecular weight excluding hydrogens is 1170 g/mol. The van der Waals surface area contributed by atoms with Crippen molar-refractivity contribution in [3.05, 3.63) is 48.2 Å². The number of aromatic nitrogens is 1. The highest BCUT2D eigenvalue weighted by molar-refractivity contribution is 6.41. The van der Waals surface area contributed by atoms with Gasteiger partial charge in [-0.3, -0.25) is 67.1 Å². The van der Waals surface area contributed by atoms with Gasteiger partial charge in [0.05, 0.1) is 30.1 Å². The van der Waals surface area contributed by atoms with Gasteiger partial charge in [-0.2, -0.15) is 0 Å². The van der Waals surface area contributed by atoms with E-state index >= 15 is 0 Å². The van der Waals surface area contributed by atoms with Crippen LogP contribution in [0.5, 0.6) is 0 Å². The van der Waals surface area contributed by atoms with Gasteiger partial charge >= 0.3 is 0 Å². The summed E-state index contributed by atoms with van der Waals surface area (Å²) >= 11 is 0. The number of rotatable bonds is 24. The average molecular weight is 1270 g/mol. The predicted octanol–water partition coefficient (Wildman–Crippen LogP) is 3.01. The molecule has 13 N–H and O–H groups in total. The maximum absolute atomic E-state index is 14.6. The fourth-order valence-corrected chi connectivity index (χ4v) is 10.9. The second-order valence-electron chi connectivity index (χ2n) is 25.8. The van der Waals surface area contributed by atoms with E-state index in [1.807, 2.05) is 50.3 Å². The van der Waals surface area contributed by atoms with Crippen LogP contribution in [-0.2, 0) is 73.5 Å². The summed E-state index contributed by atoms with van der Waals surface area (Å²) in [6, 6.07) is -1.40. The lowest BCUT2D eigenvalue weighted by molar-refractivity contribution is -0.141. The van der Waals surface area contributed by atoms with Crippen LogP contribution in [0, 0.1) is 29.1 Å². The van der Waals surface area contributed by atoms with Crippen LogP contribution >= 0.6 is 0 Å². The van der Waals surface area contributed by atoms with Gasteiger partial charge in [0, 0.05) is 66.7 Å². The molecule has 0 bridgehead atoms. The topological polar surface area (TPSA) is 403 Å². The molecule has 0 radical (unpaired) electrons. The highest BCUT2D eigenvalue weighted by Crippen LogP contribution is 2.34. The van der Waals surface area contributed by atoms with Crippen LogP contribution in [0.25, 0.3) is 10.9 Å². The summed E-state index contributed by atoms with van der Waals surface area (Å²) in [4.78, 5) is 192. The van der Waals surface area contributed by atoms with Crippen molar-refractivity contribution in [1.29, 1.82) is 0 Å². The first kappa shape index (κ1) is 77.4. The van der Waals surface area contributed by atoms with Gasteiger partial charge in [-0.05, 0) is 131 Å². The van der Waals surface area contributed by atoms with Crippen molar-refractivity contribution >= 4 is 92.9 Å². The molecule has 0 saturated carbocycles. The number of ketones is 6. The highest BCUT2D eigenvalue weighted by atomic mass is 16.2. The number of carbonyl (C=O) groups is 14.